The van der Waals surface area contributed by atoms with Gasteiger partial charge in [0.2, 0.25) is 0 Å². The van der Waals surface area contributed by atoms with Gasteiger partial charge in [-0.25, -0.2) is 0 Å². The van der Waals surface area contributed by atoms with Crippen LogP contribution in [0.15, 0.2) is 41.6 Å². The molecular formula is C17H21NO. The van der Waals surface area contributed by atoms with Crippen LogP contribution in [0.4, 0.5) is 0 Å². The summed E-state index contributed by atoms with van der Waals surface area (Å²) >= 11 is 0. The Kier molecular flexibility index (Phi) is 2.96. The molecule has 1 aromatic rings. The summed E-state index contributed by atoms with van der Waals surface area (Å²) in [7, 11) is 0. The van der Waals surface area contributed by atoms with Crippen molar-refractivity contribution in [1.29, 1.82) is 0 Å². The summed E-state index contributed by atoms with van der Waals surface area (Å²) in [5.74, 6) is 0.352. The van der Waals surface area contributed by atoms with Gasteiger partial charge in [-0.2, -0.15) is 0 Å². The van der Waals surface area contributed by atoms with E-state index in [2.05, 4.69) is 43.4 Å². The fraction of sp³-hybridized carbons (Fsp3) is 0.471. The molecule has 2 nitrogen and oxygen atoms in total. The van der Waals surface area contributed by atoms with Crippen molar-refractivity contribution in [3.63, 3.8) is 0 Å². The van der Waals surface area contributed by atoms with Crippen LogP contribution < -0.4 is 5.32 Å². The van der Waals surface area contributed by atoms with Crippen LogP contribution in [0.3, 0.4) is 0 Å². The van der Waals surface area contributed by atoms with Gasteiger partial charge in [0.25, 0.3) is 0 Å². The Hall–Kier alpha value is -1.57. The number of carbonyl (C=O) groups is 1. The Morgan fingerprint density at radius 3 is 2.63 bits per heavy atom. The van der Waals surface area contributed by atoms with Crippen LogP contribution in [0.1, 0.15) is 51.1 Å². The average Bonchev–Trinajstić information content (AvgIpc) is 2.37. The number of nitrogens with one attached hydrogen (secondary N) is 1. The van der Waals surface area contributed by atoms with Crippen molar-refractivity contribution in [2.75, 3.05) is 0 Å². The third kappa shape index (κ3) is 2.44. The lowest BCUT2D eigenvalue weighted by molar-refractivity contribution is -0.118. The summed E-state index contributed by atoms with van der Waals surface area (Å²) in [4.78, 5) is 12.2. The minimum atomic E-state index is 0.0987. The molecule has 1 aromatic carbocycles. The highest BCUT2D eigenvalue weighted by Crippen LogP contribution is 2.41. The molecular weight excluding hydrogens is 234 g/mol. The van der Waals surface area contributed by atoms with E-state index in [1.165, 1.54) is 11.3 Å². The van der Waals surface area contributed by atoms with E-state index in [0.29, 0.717) is 18.2 Å². The Bertz CT molecular complexity index is 527. The predicted molar refractivity (Wildman–Crippen MR) is 76.6 cm³/mol. The van der Waals surface area contributed by atoms with E-state index in [0.717, 1.165) is 24.8 Å². The van der Waals surface area contributed by atoms with Gasteiger partial charge in [0.15, 0.2) is 5.78 Å². The van der Waals surface area contributed by atoms with Gasteiger partial charge in [-0.1, -0.05) is 44.2 Å². The second-order valence-corrected chi connectivity index (χ2v) is 6.54. The van der Waals surface area contributed by atoms with Gasteiger partial charge >= 0.3 is 0 Å². The highest BCUT2D eigenvalue weighted by atomic mass is 16.1. The molecule has 0 aromatic heterocycles. The van der Waals surface area contributed by atoms with E-state index >= 15 is 0 Å². The first-order valence-electron chi connectivity index (χ1n) is 7.12. The minimum absolute atomic E-state index is 0.0987. The standard InChI is InChI=1S/C17H21NO/c1-17(2)10-15-13(16(19)11-17)8-9-14(18-15)12-6-4-3-5-7-12/h3-7,14,18H,8-11H2,1-2H3. The van der Waals surface area contributed by atoms with E-state index in [4.69, 9.17) is 0 Å². The number of hydrogen-bond acceptors (Lipinski definition) is 2. The number of benzene rings is 1. The second kappa shape index (κ2) is 4.52. The number of ketones is 1. The molecule has 0 bridgehead atoms. The fourth-order valence-corrected chi connectivity index (χ4v) is 3.29. The molecule has 100 valence electrons. The summed E-state index contributed by atoms with van der Waals surface area (Å²) in [5.41, 5.74) is 3.68. The van der Waals surface area contributed by atoms with Crippen molar-refractivity contribution in [3.05, 3.63) is 47.2 Å². The molecule has 0 saturated carbocycles. The molecule has 2 heteroatoms. The van der Waals surface area contributed by atoms with Crippen molar-refractivity contribution < 1.29 is 4.79 Å². The maximum atomic E-state index is 12.2. The van der Waals surface area contributed by atoms with Gasteiger partial charge in [0.1, 0.15) is 0 Å². The zero-order chi connectivity index (χ0) is 13.5. The van der Waals surface area contributed by atoms with Crippen molar-refractivity contribution in [3.8, 4) is 0 Å². The third-order valence-electron chi connectivity index (χ3n) is 4.23. The highest BCUT2D eigenvalue weighted by molar-refractivity contribution is 5.97. The highest BCUT2D eigenvalue weighted by Gasteiger charge is 2.35. The molecule has 0 spiro atoms. The zero-order valence-electron chi connectivity index (χ0n) is 11.7. The normalized spacial score (nSPS) is 25.8. The Morgan fingerprint density at radius 1 is 1.16 bits per heavy atom. The molecule has 19 heavy (non-hydrogen) atoms. The van der Waals surface area contributed by atoms with E-state index in [-0.39, 0.29) is 5.41 Å². The Labute approximate surface area is 114 Å². The molecule has 3 rings (SSSR count). The van der Waals surface area contributed by atoms with E-state index in [1.807, 2.05) is 6.07 Å². The average molecular weight is 255 g/mol. The van der Waals surface area contributed by atoms with Crippen LogP contribution in [-0.2, 0) is 4.79 Å². The van der Waals surface area contributed by atoms with Crippen LogP contribution in [0.5, 0.6) is 0 Å². The van der Waals surface area contributed by atoms with Crippen LogP contribution in [0.25, 0.3) is 0 Å². The summed E-state index contributed by atoms with van der Waals surface area (Å²) in [6.07, 6.45) is 3.65. The molecule has 2 aliphatic rings. The summed E-state index contributed by atoms with van der Waals surface area (Å²) in [5, 5.41) is 3.62. The molecule has 1 unspecified atom stereocenters. The molecule has 1 N–H and O–H groups in total. The number of Topliss-reactive ketones (excluding diaryl/α,β-unsaturated/α-hetero) is 1. The maximum absolute atomic E-state index is 12.2. The third-order valence-corrected chi connectivity index (χ3v) is 4.23. The summed E-state index contributed by atoms with van der Waals surface area (Å²) < 4.78 is 0. The molecule has 1 aliphatic heterocycles. The Morgan fingerprint density at radius 2 is 1.89 bits per heavy atom. The van der Waals surface area contributed by atoms with Gasteiger partial charge in [0.05, 0.1) is 6.04 Å². The lowest BCUT2D eigenvalue weighted by atomic mass is 9.73. The minimum Gasteiger partial charge on any atom is -0.381 e. The topological polar surface area (TPSA) is 29.1 Å². The molecule has 0 amide bonds. The number of carbonyl (C=O) groups excluding carboxylic acids is 1. The van der Waals surface area contributed by atoms with Gasteiger partial charge in [-0.3, -0.25) is 4.79 Å². The zero-order valence-corrected chi connectivity index (χ0v) is 11.7. The second-order valence-electron chi connectivity index (χ2n) is 6.54. The first-order chi connectivity index (χ1) is 9.05. The largest absolute Gasteiger partial charge is 0.381 e. The predicted octanol–water partition coefficient (Wildman–Crippen LogP) is 3.75. The molecule has 0 saturated heterocycles. The van der Waals surface area contributed by atoms with Crippen LogP contribution in [0, 0.1) is 5.41 Å². The summed E-state index contributed by atoms with van der Waals surface area (Å²) in [6.45, 7) is 4.37. The fourth-order valence-electron chi connectivity index (χ4n) is 3.29. The van der Waals surface area contributed by atoms with Crippen molar-refractivity contribution in [2.45, 2.75) is 45.6 Å². The Balaban J connectivity index is 1.86. The van der Waals surface area contributed by atoms with E-state index in [9.17, 15) is 4.79 Å². The maximum Gasteiger partial charge on any atom is 0.161 e. The van der Waals surface area contributed by atoms with Crippen molar-refractivity contribution >= 4 is 5.78 Å². The van der Waals surface area contributed by atoms with Gasteiger partial charge in [-0.05, 0) is 30.2 Å². The van der Waals surface area contributed by atoms with Gasteiger partial charge < -0.3 is 5.32 Å². The number of allylic oxidation sites excluding steroid dienone is 2. The molecule has 1 aliphatic carbocycles. The van der Waals surface area contributed by atoms with Crippen LogP contribution in [0.2, 0.25) is 0 Å². The smallest absolute Gasteiger partial charge is 0.161 e. The number of rotatable bonds is 1. The van der Waals surface area contributed by atoms with Crippen LogP contribution >= 0.6 is 0 Å². The van der Waals surface area contributed by atoms with Gasteiger partial charge in [0, 0.05) is 17.7 Å². The summed E-state index contributed by atoms with van der Waals surface area (Å²) in [6, 6.07) is 10.9. The van der Waals surface area contributed by atoms with Crippen LogP contribution in [-0.4, -0.2) is 5.78 Å². The molecule has 0 fully saturated rings. The number of hydrogen-bond donors (Lipinski definition) is 1. The molecule has 1 heterocycles. The molecule has 1 atom stereocenters. The van der Waals surface area contributed by atoms with E-state index < -0.39 is 0 Å². The first kappa shape index (κ1) is 12.5. The van der Waals surface area contributed by atoms with Gasteiger partial charge in [-0.15, -0.1) is 0 Å². The quantitative estimate of drug-likeness (QED) is 0.828. The van der Waals surface area contributed by atoms with Crippen molar-refractivity contribution in [2.24, 2.45) is 5.41 Å². The van der Waals surface area contributed by atoms with E-state index in [1.54, 1.807) is 0 Å². The van der Waals surface area contributed by atoms with Crippen molar-refractivity contribution in [1.82, 2.24) is 5.32 Å². The monoisotopic (exact) mass is 255 g/mol. The lowest BCUT2D eigenvalue weighted by Crippen LogP contribution is -2.36. The molecule has 0 radical (unpaired) electrons. The lowest BCUT2D eigenvalue weighted by Gasteiger charge is -2.38. The SMILES string of the molecule is CC1(C)CC(=O)C2=C(C1)NC(c1ccccc1)CC2. The first-order valence-corrected chi connectivity index (χ1v) is 7.12.